The quantitative estimate of drug-likeness (QED) is 0.595. The highest BCUT2D eigenvalue weighted by Gasteiger charge is 2.42. The maximum atomic E-state index is 13.9. The second-order valence-corrected chi connectivity index (χ2v) is 8.45. The number of fused-ring (bicyclic) bond motifs is 2. The molecule has 0 unspecified atom stereocenters. The second-order valence-electron chi connectivity index (χ2n) is 8.45. The van der Waals surface area contributed by atoms with Crippen LogP contribution in [0.5, 0.6) is 11.5 Å². The lowest BCUT2D eigenvalue weighted by atomic mass is 9.98. The summed E-state index contributed by atoms with van der Waals surface area (Å²) in [5.41, 5.74) is 0.478. The molecule has 1 aromatic heterocycles. The molecule has 1 N–H and O–H groups in total. The van der Waals surface area contributed by atoms with Crippen LogP contribution in [0.4, 0.5) is 4.39 Å². The van der Waals surface area contributed by atoms with Gasteiger partial charge in [-0.05, 0) is 42.3 Å². The van der Waals surface area contributed by atoms with E-state index >= 15 is 0 Å². The Morgan fingerprint density at radius 3 is 2.68 bits per heavy atom. The largest absolute Gasteiger partial charge is 0.504 e. The number of carbonyl (C=O) groups is 1. The molecule has 1 atom stereocenters. The van der Waals surface area contributed by atoms with Gasteiger partial charge in [-0.15, -0.1) is 0 Å². The van der Waals surface area contributed by atoms with Crippen molar-refractivity contribution >= 4 is 16.9 Å². The summed E-state index contributed by atoms with van der Waals surface area (Å²) in [4.78, 5) is 30.8. The molecule has 5 rings (SSSR count). The standard InChI is InChI=1S/C25H25FN2O6/c1-32-20-13-15(3-5-18(20)29)22-21-23(30)17-14-16(26)4-6-19(17)34-24(21)25(31)28(22)8-2-7-27-9-11-33-12-10-27/h3-6,13-14,22,29H,2,7-12H2,1H3/t22-/m0/s1. The Balaban J connectivity index is 1.56. The highest BCUT2D eigenvalue weighted by molar-refractivity contribution is 5.99. The lowest BCUT2D eigenvalue weighted by molar-refractivity contribution is 0.0353. The zero-order valence-electron chi connectivity index (χ0n) is 18.8. The van der Waals surface area contributed by atoms with E-state index < -0.39 is 23.2 Å². The van der Waals surface area contributed by atoms with E-state index in [0.717, 1.165) is 25.7 Å². The van der Waals surface area contributed by atoms with Crippen molar-refractivity contribution in [3.63, 3.8) is 0 Å². The molecule has 0 spiro atoms. The van der Waals surface area contributed by atoms with Crippen molar-refractivity contribution in [2.24, 2.45) is 0 Å². The number of halogens is 1. The van der Waals surface area contributed by atoms with Crippen molar-refractivity contribution in [2.75, 3.05) is 46.5 Å². The number of aromatic hydroxyl groups is 1. The minimum Gasteiger partial charge on any atom is -0.504 e. The molecule has 1 amide bonds. The lowest BCUT2D eigenvalue weighted by Crippen LogP contribution is -2.38. The molecular formula is C25H25FN2O6. The second kappa shape index (κ2) is 9.08. The monoisotopic (exact) mass is 468 g/mol. The van der Waals surface area contributed by atoms with Crippen molar-refractivity contribution in [2.45, 2.75) is 12.5 Å². The van der Waals surface area contributed by atoms with Crippen molar-refractivity contribution in [3.8, 4) is 11.5 Å². The molecule has 0 aliphatic carbocycles. The van der Waals surface area contributed by atoms with Gasteiger partial charge in [-0.25, -0.2) is 4.39 Å². The van der Waals surface area contributed by atoms with Gasteiger partial charge in [0.1, 0.15) is 11.4 Å². The van der Waals surface area contributed by atoms with Crippen LogP contribution in [0.25, 0.3) is 11.0 Å². The summed E-state index contributed by atoms with van der Waals surface area (Å²) < 4.78 is 30.4. The van der Waals surface area contributed by atoms with Crippen molar-refractivity contribution < 1.29 is 28.2 Å². The summed E-state index contributed by atoms with van der Waals surface area (Å²) in [6, 6.07) is 7.65. The molecule has 2 aliphatic rings. The molecule has 2 aromatic carbocycles. The maximum Gasteiger partial charge on any atom is 0.290 e. The lowest BCUT2D eigenvalue weighted by Gasteiger charge is -2.29. The van der Waals surface area contributed by atoms with Crippen LogP contribution >= 0.6 is 0 Å². The molecule has 2 aliphatic heterocycles. The van der Waals surface area contributed by atoms with Gasteiger partial charge < -0.3 is 23.9 Å². The summed E-state index contributed by atoms with van der Waals surface area (Å²) in [6.07, 6.45) is 0.688. The van der Waals surface area contributed by atoms with E-state index in [9.17, 15) is 19.1 Å². The topological polar surface area (TPSA) is 92.5 Å². The van der Waals surface area contributed by atoms with E-state index in [1.54, 1.807) is 17.0 Å². The molecule has 0 saturated carbocycles. The number of phenolic OH excluding ortho intramolecular Hbond substituents is 1. The molecule has 8 nitrogen and oxygen atoms in total. The maximum absolute atomic E-state index is 13.9. The fraction of sp³-hybridized carbons (Fsp3) is 0.360. The number of hydrogen-bond acceptors (Lipinski definition) is 7. The Bertz CT molecular complexity index is 1300. The Labute approximate surface area is 195 Å². The number of amides is 1. The average Bonchev–Trinajstić information content (AvgIpc) is 3.12. The molecular weight excluding hydrogens is 443 g/mol. The van der Waals surface area contributed by atoms with Gasteiger partial charge in [0, 0.05) is 26.2 Å². The number of methoxy groups -OCH3 is 1. The van der Waals surface area contributed by atoms with E-state index in [-0.39, 0.29) is 33.8 Å². The number of benzene rings is 2. The molecule has 3 heterocycles. The van der Waals surface area contributed by atoms with Crippen molar-refractivity contribution in [1.29, 1.82) is 0 Å². The van der Waals surface area contributed by atoms with Gasteiger partial charge in [0.05, 0.1) is 37.3 Å². The van der Waals surface area contributed by atoms with E-state index in [0.29, 0.717) is 31.7 Å². The van der Waals surface area contributed by atoms with Crippen LogP contribution in [0, 0.1) is 5.82 Å². The van der Waals surface area contributed by atoms with E-state index in [2.05, 4.69) is 4.90 Å². The van der Waals surface area contributed by atoms with Gasteiger partial charge in [-0.1, -0.05) is 6.07 Å². The Morgan fingerprint density at radius 1 is 1.12 bits per heavy atom. The number of carbonyl (C=O) groups excluding carboxylic acids is 1. The van der Waals surface area contributed by atoms with Crippen LogP contribution in [-0.2, 0) is 4.74 Å². The Hall–Kier alpha value is -3.43. The minimum absolute atomic E-state index is 0.0347. The third-order valence-electron chi connectivity index (χ3n) is 6.42. The highest BCUT2D eigenvalue weighted by Crippen LogP contribution is 2.40. The van der Waals surface area contributed by atoms with Gasteiger partial charge in [0.2, 0.25) is 5.76 Å². The molecule has 34 heavy (non-hydrogen) atoms. The molecule has 0 radical (unpaired) electrons. The normalized spacial score (nSPS) is 18.5. The summed E-state index contributed by atoms with van der Waals surface area (Å²) in [5.74, 6) is -0.815. The van der Waals surface area contributed by atoms with Crippen LogP contribution in [-0.4, -0.2) is 67.3 Å². The Kier molecular flexibility index (Phi) is 5.97. The van der Waals surface area contributed by atoms with Crippen LogP contribution in [0.3, 0.4) is 0 Å². The first kappa shape index (κ1) is 22.4. The zero-order chi connectivity index (χ0) is 23.8. The summed E-state index contributed by atoms with van der Waals surface area (Å²) >= 11 is 0. The fourth-order valence-electron chi connectivity index (χ4n) is 4.72. The van der Waals surface area contributed by atoms with Crippen LogP contribution < -0.4 is 10.2 Å². The Morgan fingerprint density at radius 2 is 1.91 bits per heavy atom. The number of morpholine rings is 1. The van der Waals surface area contributed by atoms with Crippen LogP contribution in [0.2, 0.25) is 0 Å². The third kappa shape index (κ3) is 3.91. The fourth-order valence-corrected chi connectivity index (χ4v) is 4.72. The number of phenols is 1. The van der Waals surface area contributed by atoms with Crippen LogP contribution in [0.1, 0.15) is 34.1 Å². The third-order valence-corrected chi connectivity index (χ3v) is 6.42. The molecule has 0 bridgehead atoms. The van der Waals surface area contributed by atoms with E-state index in [1.807, 2.05) is 0 Å². The molecule has 178 valence electrons. The van der Waals surface area contributed by atoms with Gasteiger partial charge in [0.15, 0.2) is 16.9 Å². The average molecular weight is 468 g/mol. The van der Waals surface area contributed by atoms with Gasteiger partial charge in [-0.2, -0.15) is 0 Å². The molecule has 1 saturated heterocycles. The summed E-state index contributed by atoms with van der Waals surface area (Å²) in [7, 11) is 1.43. The van der Waals surface area contributed by atoms with E-state index in [1.165, 1.54) is 25.3 Å². The smallest absolute Gasteiger partial charge is 0.290 e. The van der Waals surface area contributed by atoms with E-state index in [4.69, 9.17) is 13.9 Å². The van der Waals surface area contributed by atoms with Gasteiger partial charge in [-0.3, -0.25) is 14.5 Å². The predicted molar refractivity (Wildman–Crippen MR) is 122 cm³/mol. The molecule has 1 fully saturated rings. The first-order valence-corrected chi connectivity index (χ1v) is 11.2. The summed E-state index contributed by atoms with van der Waals surface area (Å²) in [5, 5.41) is 10.1. The zero-order valence-corrected chi connectivity index (χ0v) is 18.8. The number of rotatable bonds is 6. The SMILES string of the molecule is COc1cc([C@H]2c3c(oc4ccc(F)cc4c3=O)C(=O)N2CCCN2CCOCC2)ccc1O. The number of ether oxygens (including phenoxy) is 2. The molecule has 3 aromatic rings. The first-order chi connectivity index (χ1) is 16.5. The van der Waals surface area contributed by atoms with Gasteiger partial charge >= 0.3 is 0 Å². The highest BCUT2D eigenvalue weighted by atomic mass is 19.1. The van der Waals surface area contributed by atoms with Crippen molar-refractivity contribution in [3.05, 3.63) is 69.3 Å². The first-order valence-electron chi connectivity index (χ1n) is 11.2. The van der Waals surface area contributed by atoms with Crippen molar-refractivity contribution in [1.82, 2.24) is 9.80 Å². The number of nitrogens with zero attached hydrogens (tertiary/aromatic N) is 2. The number of hydrogen-bond donors (Lipinski definition) is 1. The predicted octanol–water partition coefficient (Wildman–Crippen LogP) is 2.91. The minimum atomic E-state index is -0.745. The van der Waals surface area contributed by atoms with Crippen LogP contribution in [0.15, 0.2) is 45.6 Å². The summed E-state index contributed by atoms with van der Waals surface area (Å²) in [6.45, 7) is 4.22. The van der Waals surface area contributed by atoms with Gasteiger partial charge in [0.25, 0.3) is 5.91 Å². The molecule has 9 heteroatoms.